The quantitative estimate of drug-likeness (QED) is 0.782. The summed E-state index contributed by atoms with van der Waals surface area (Å²) in [6.45, 7) is 4.99. The van der Waals surface area contributed by atoms with Crippen molar-refractivity contribution in [3.63, 3.8) is 0 Å². The van der Waals surface area contributed by atoms with Gasteiger partial charge in [0.2, 0.25) is 0 Å². The van der Waals surface area contributed by atoms with Gasteiger partial charge in [-0.15, -0.1) is 0 Å². The maximum atomic E-state index is 11.9. The summed E-state index contributed by atoms with van der Waals surface area (Å²) in [7, 11) is 0. The molecule has 1 aromatic rings. The molecule has 0 radical (unpaired) electrons. The smallest absolute Gasteiger partial charge is 0.329 e. The summed E-state index contributed by atoms with van der Waals surface area (Å²) in [6.07, 6.45) is 0.297. The summed E-state index contributed by atoms with van der Waals surface area (Å²) in [5.74, 6) is -1.06. The van der Waals surface area contributed by atoms with Crippen molar-refractivity contribution in [2.45, 2.75) is 38.8 Å². The molecule has 0 spiro atoms. The van der Waals surface area contributed by atoms with Gasteiger partial charge in [0.25, 0.3) is 0 Å². The molecule has 2 amide bonds. The molecule has 0 saturated carbocycles. The van der Waals surface area contributed by atoms with Crippen molar-refractivity contribution in [1.29, 1.82) is 0 Å². The summed E-state index contributed by atoms with van der Waals surface area (Å²) in [4.78, 5) is 23.0. The number of halogens is 1. The predicted octanol–water partition coefficient (Wildman–Crippen LogP) is 2.95. The minimum atomic E-state index is -1.27. The summed E-state index contributed by atoms with van der Waals surface area (Å²) in [6, 6.07) is 6.33. The molecule has 0 heterocycles. The van der Waals surface area contributed by atoms with E-state index in [-0.39, 0.29) is 6.04 Å². The Balaban J connectivity index is 2.66. The Morgan fingerprint density at radius 1 is 1.35 bits per heavy atom. The lowest BCUT2D eigenvalue weighted by molar-refractivity contribution is -0.143. The van der Waals surface area contributed by atoms with E-state index in [1.807, 2.05) is 19.1 Å². The standard InChI is InChI=1S/C14H19ClN2O3/c1-4-14(3,12(18)19)17-13(20)16-9(2)10-5-7-11(15)8-6-10/h5-9H,4H2,1-3H3,(H,18,19)(H2,16,17,20). The molecule has 1 aromatic carbocycles. The van der Waals surface area contributed by atoms with E-state index in [1.165, 1.54) is 6.92 Å². The van der Waals surface area contributed by atoms with Crippen LogP contribution in [0.15, 0.2) is 24.3 Å². The maximum Gasteiger partial charge on any atom is 0.329 e. The lowest BCUT2D eigenvalue weighted by Gasteiger charge is -2.26. The van der Waals surface area contributed by atoms with E-state index in [1.54, 1.807) is 19.1 Å². The number of hydrogen-bond acceptors (Lipinski definition) is 2. The lowest BCUT2D eigenvalue weighted by atomic mass is 10.00. The van der Waals surface area contributed by atoms with E-state index in [2.05, 4.69) is 10.6 Å². The molecule has 0 saturated heterocycles. The van der Waals surface area contributed by atoms with Crippen LogP contribution in [0.2, 0.25) is 5.02 Å². The number of benzene rings is 1. The van der Waals surface area contributed by atoms with E-state index in [0.29, 0.717) is 11.4 Å². The van der Waals surface area contributed by atoms with Crippen LogP contribution in [0.4, 0.5) is 4.79 Å². The third-order valence-corrected chi connectivity index (χ3v) is 3.54. The van der Waals surface area contributed by atoms with Crippen molar-refractivity contribution >= 4 is 23.6 Å². The Kier molecular flexibility index (Phi) is 5.39. The van der Waals surface area contributed by atoms with Crippen molar-refractivity contribution in [3.05, 3.63) is 34.9 Å². The number of carboxylic acid groups (broad SMARTS) is 1. The molecule has 0 aliphatic rings. The number of carbonyl (C=O) groups is 2. The normalized spacial score (nSPS) is 15.0. The molecule has 3 N–H and O–H groups in total. The van der Waals surface area contributed by atoms with Gasteiger partial charge in [0.15, 0.2) is 0 Å². The fourth-order valence-electron chi connectivity index (χ4n) is 1.61. The van der Waals surface area contributed by atoms with Crippen LogP contribution >= 0.6 is 11.6 Å². The fraction of sp³-hybridized carbons (Fsp3) is 0.429. The molecule has 6 heteroatoms. The second kappa shape index (κ2) is 6.61. The Morgan fingerprint density at radius 3 is 2.35 bits per heavy atom. The summed E-state index contributed by atoms with van der Waals surface area (Å²) in [5.41, 5.74) is -0.387. The van der Waals surface area contributed by atoms with Gasteiger partial charge < -0.3 is 15.7 Å². The first-order chi connectivity index (χ1) is 9.28. The van der Waals surface area contributed by atoms with Crippen molar-refractivity contribution in [3.8, 4) is 0 Å². The summed E-state index contributed by atoms with van der Waals surface area (Å²) < 4.78 is 0. The van der Waals surface area contributed by atoms with Crippen molar-refractivity contribution in [2.24, 2.45) is 0 Å². The number of rotatable bonds is 5. The van der Waals surface area contributed by atoms with Crippen LogP contribution in [0.25, 0.3) is 0 Å². The first-order valence-corrected chi connectivity index (χ1v) is 6.74. The molecule has 110 valence electrons. The first kappa shape index (κ1) is 16.3. The highest BCUT2D eigenvalue weighted by molar-refractivity contribution is 6.30. The van der Waals surface area contributed by atoms with Gasteiger partial charge in [-0.25, -0.2) is 9.59 Å². The third kappa shape index (κ3) is 4.13. The topological polar surface area (TPSA) is 78.4 Å². The van der Waals surface area contributed by atoms with Gasteiger partial charge in [-0.05, 0) is 38.0 Å². The zero-order valence-corrected chi connectivity index (χ0v) is 12.5. The highest BCUT2D eigenvalue weighted by Crippen LogP contribution is 2.16. The highest BCUT2D eigenvalue weighted by Gasteiger charge is 2.33. The lowest BCUT2D eigenvalue weighted by Crippen LogP contribution is -2.55. The summed E-state index contributed by atoms with van der Waals surface area (Å²) >= 11 is 5.80. The molecular formula is C14H19ClN2O3. The van der Waals surface area contributed by atoms with Crippen LogP contribution in [0.5, 0.6) is 0 Å². The highest BCUT2D eigenvalue weighted by atomic mass is 35.5. The third-order valence-electron chi connectivity index (χ3n) is 3.29. The number of carbonyl (C=O) groups excluding carboxylic acids is 1. The number of carboxylic acids is 1. The van der Waals surface area contributed by atoms with Gasteiger partial charge in [0.05, 0.1) is 6.04 Å². The number of urea groups is 1. The molecule has 0 bridgehead atoms. The van der Waals surface area contributed by atoms with Crippen molar-refractivity contribution < 1.29 is 14.7 Å². The predicted molar refractivity (Wildman–Crippen MR) is 77.9 cm³/mol. The van der Waals surface area contributed by atoms with E-state index in [4.69, 9.17) is 16.7 Å². The monoisotopic (exact) mass is 298 g/mol. The van der Waals surface area contributed by atoms with E-state index in [0.717, 1.165) is 5.56 Å². The average molecular weight is 299 g/mol. The fourth-order valence-corrected chi connectivity index (χ4v) is 1.74. The van der Waals surface area contributed by atoms with Crippen LogP contribution in [-0.2, 0) is 4.79 Å². The van der Waals surface area contributed by atoms with Crippen molar-refractivity contribution in [1.82, 2.24) is 10.6 Å². The van der Waals surface area contributed by atoms with E-state index >= 15 is 0 Å². The second-order valence-corrected chi connectivity index (χ2v) is 5.30. The molecule has 20 heavy (non-hydrogen) atoms. The van der Waals surface area contributed by atoms with E-state index in [9.17, 15) is 9.59 Å². The number of hydrogen-bond donors (Lipinski definition) is 3. The van der Waals surface area contributed by atoms with Gasteiger partial charge >= 0.3 is 12.0 Å². The van der Waals surface area contributed by atoms with Crippen LogP contribution < -0.4 is 10.6 Å². The van der Waals surface area contributed by atoms with Gasteiger partial charge in [-0.3, -0.25) is 0 Å². The minimum absolute atomic E-state index is 0.248. The Morgan fingerprint density at radius 2 is 1.90 bits per heavy atom. The SMILES string of the molecule is CCC(C)(NC(=O)NC(C)c1ccc(Cl)cc1)C(=O)O. The van der Waals surface area contributed by atoms with Crippen molar-refractivity contribution in [2.75, 3.05) is 0 Å². The maximum absolute atomic E-state index is 11.9. The number of aliphatic carboxylic acids is 1. The molecule has 0 aliphatic heterocycles. The molecule has 0 aromatic heterocycles. The largest absolute Gasteiger partial charge is 0.480 e. The van der Waals surface area contributed by atoms with Crippen LogP contribution in [0, 0.1) is 0 Å². The van der Waals surface area contributed by atoms with Crippen LogP contribution in [0.3, 0.4) is 0 Å². The Hall–Kier alpha value is -1.75. The average Bonchev–Trinajstić information content (AvgIpc) is 2.38. The van der Waals surface area contributed by atoms with Gasteiger partial charge in [-0.1, -0.05) is 30.7 Å². The number of nitrogens with one attached hydrogen (secondary N) is 2. The molecular weight excluding hydrogens is 280 g/mol. The minimum Gasteiger partial charge on any atom is -0.480 e. The van der Waals surface area contributed by atoms with Gasteiger partial charge in [0.1, 0.15) is 5.54 Å². The molecule has 0 fully saturated rings. The van der Waals surface area contributed by atoms with Crippen LogP contribution in [0.1, 0.15) is 38.8 Å². The molecule has 1 rings (SSSR count). The second-order valence-electron chi connectivity index (χ2n) is 4.86. The summed E-state index contributed by atoms with van der Waals surface area (Å²) in [5, 5.41) is 14.9. The van der Waals surface area contributed by atoms with Gasteiger partial charge in [-0.2, -0.15) is 0 Å². The molecule has 0 aliphatic carbocycles. The van der Waals surface area contributed by atoms with Crippen LogP contribution in [-0.4, -0.2) is 22.6 Å². The zero-order chi connectivity index (χ0) is 15.3. The zero-order valence-electron chi connectivity index (χ0n) is 11.7. The molecule has 5 nitrogen and oxygen atoms in total. The first-order valence-electron chi connectivity index (χ1n) is 6.36. The Bertz CT molecular complexity index is 490. The molecule has 2 atom stereocenters. The number of amides is 2. The van der Waals surface area contributed by atoms with Gasteiger partial charge in [0, 0.05) is 5.02 Å². The molecule has 2 unspecified atom stereocenters. The Labute approximate surface area is 123 Å². The van der Waals surface area contributed by atoms with E-state index < -0.39 is 17.5 Å².